The topological polar surface area (TPSA) is 71.0 Å². The Morgan fingerprint density at radius 2 is 1.87 bits per heavy atom. The molecule has 1 aromatic heterocycles. The van der Waals surface area contributed by atoms with Crippen LogP contribution in [0, 0.1) is 6.92 Å². The van der Waals surface area contributed by atoms with Crippen molar-refractivity contribution in [1.29, 1.82) is 0 Å². The summed E-state index contributed by atoms with van der Waals surface area (Å²) in [5.41, 5.74) is 1.14. The van der Waals surface area contributed by atoms with Gasteiger partial charge < -0.3 is 25.0 Å². The van der Waals surface area contributed by atoms with Gasteiger partial charge in [0, 0.05) is 60.6 Å². The minimum atomic E-state index is 0. The zero-order chi connectivity index (χ0) is 20.6. The average molecular weight is 545 g/mol. The Bertz CT molecular complexity index is 799. The molecule has 1 fully saturated rings. The summed E-state index contributed by atoms with van der Waals surface area (Å²) in [4.78, 5) is 12.7. The molecule has 166 valence electrons. The van der Waals surface area contributed by atoms with Crippen LogP contribution >= 0.6 is 35.3 Å². The molecule has 0 amide bonds. The lowest BCUT2D eigenvalue weighted by atomic mass is 10.0. The Hall–Kier alpha value is -1.75. The second-order valence-electron chi connectivity index (χ2n) is 7.04. The molecule has 2 N–H and O–H groups in total. The van der Waals surface area contributed by atoms with Crippen molar-refractivity contribution < 1.29 is 9.47 Å². The predicted molar refractivity (Wildman–Crippen MR) is 135 cm³/mol. The third-order valence-electron chi connectivity index (χ3n) is 4.92. The van der Waals surface area contributed by atoms with Gasteiger partial charge in [-0.25, -0.2) is 9.98 Å². The maximum atomic E-state index is 5.41. The zero-order valence-corrected chi connectivity index (χ0v) is 21.3. The first-order valence-electron chi connectivity index (χ1n) is 10.1. The Morgan fingerprint density at radius 3 is 2.40 bits per heavy atom. The fraction of sp³-hybridized carbons (Fsp3) is 0.524. The van der Waals surface area contributed by atoms with Crippen LogP contribution < -0.4 is 25.0 Å². The van der Waals surface area contributed by atoms with E-state index in [4.69, 9.17) is 14.5 Å². The lowest BCUT2D eigenvalue weighted by Gasteiger charge is -2.34. The van der Waals surface area contributed by atoms with Crippen LogP contribution in [0.2, 0.25) is 0 Å². The molecule has 0 atom stereocenters. The van der Waals surface area contributed by atoms with Crippen molar-refractivity contribution >= 4 is 47.0 Å². The highest BCUT2D eigenvalue weighted by Gasteiger charge is 2.21. The van der Waals surface area contributed by atoms with Gasteiger partial charge in [-0.15, -0.1) is 35.3 Å². The number of thiazole rings is 1. The Labute approximate surface area is 200 Å². The number of methoxy groups -OCH3 is 2. The first kappa shape index (κ1) is 24.5. The van der Waals surface area contributed by atoms with E-state index in [1.807, 2.05) is 12.3 Å². The van der Waals surface area contributed by atoms with Gasteiger partial charge in [-0.2, -0.15) is 0 Å². The number of anilines is 1. The first-order valence-corrected chi connectivity index (χ1v) is 10.9. The standard InChI is InChI=1S/C21H31N5O2S.HI/c1-5-22-21(24-14-20-23-13-15(2)29-20)25-16-6-8-26(9-7-16)17-10-18(27-3)12-19(11-17)28-4;/h10-13,16H,5-9,14H2,1-4H3,(H2,22,24,25);1H. The highest BCUT2D eigenvalue weighted by molar-refractivity contribution is 14.0. The molecule has 7 nitrogen and oxygen atoms in total. The molecular formula is C21H32IN5O2S. The van der Waals surface area contributed by atoms with Crippen LogP contribution in [0.25, 0.3) is 0 Å². The van der Waals surface area contributed by atoms with Gasteiger partial charge >= 0.3 is 0 Å². The maximum absolute atomic E-state index is 5.41. The second kappa shape index (κ2) is 12.2. The minimum absolute atomic E-state index is 0. The number of benzene rings is 1. The summed E-state index contributed by atoms with van der Waals surface area (Å²) in [7, 11) is 3.37. The van der Waals surface area contributed by atoms with Crippen LogP contribution in [0.1, 0.15) is 29.7 Å². The van der Waals surface area contributed by atoms with Crippen molar-refractivity contribution in [1.82, 2.24) is 15.6 Å². The summed E-state index contributed by atoms with van der Waals surface area (Å²) in [5, 5.41) is 7.98. The van der Waals surface area contributed by atoms with Gasteiger partial charge in [-0.1, -0.05) is 0 Å². The number of hydrogen-bond donors (Lipinski definition) is 2. The molecule has 2 heterocycles. The quantitative estimate of drug-likeness (QED) is 0.314. The number of guanidine groups is 1. The van der Waals surface area contributed by atoms with E-state index < -0.39 is 0 Å². The molecule has 3 rings (SSSR count). The molecule has 2 aromatic rings. The highest BCUT2D eigenvalue weighted by Crippen LogP contribution is 2.30. The number of aliphatic imine (C=N–C) groups is 1. The normalized spacial score (nSPS) is 14.8. The minimum Gasteiger partial charge on any atom is -0.497 e. The van der Waals surface area contributed by atoms with E-state index in [2.05, 4.69) is 46.5 Å². The van der Waals surface area contributed by atoms with Crippen LogP contribution in [-0.2, 0) is 6.54 Å². The van der Waals surface area contributed by atoms with E-state index in [1.54, 1.807) is 25.6 Å². The van der Waals surface area contributed by atoms with E-state index >= 15 is 0 Å². The van der Waals surface area contributed by atoms with Gasteiger partial charge in [0.25, 0.3) is 0 Å². The van der Waals surface area contributed by atoms with Gasteiger partial charge in [0.05, 0.1) is 20.8 Å². The van der Waals surface area contributed by atoms with Crippen LogP contribution in [0.5, 0.6) is 11.5 Å². The number of nitrogens with one attached hydrogen (secondary N) is 2. The number of aryl methyl sites for hydroxylation is 1. The second-order valence-corrected chi connectivity index (χ2v) is 8.36. The fourth-order valence-corrected chi connectivity index (χ4v) is 4.10. The predicted octanol–water partition coefficient (Wildman–Crippen LogP) is 3.81. The first-order chi connectivity index (χ1) is 14.1. The monoisotopic (exact) mass is 545 g/mol. The van der Waals surface area contributed by atoms with E-state index in [0.717, 1.165) is 60.6 Å². The van der Waals surface area contributed by atoms with Gasteiger partial charge in [0.15, 0.2) is 5.96 Å². The number of piperidine rings is 1. The Morgan fingerprint density at radius 1 is 1.20 bits per heavy atom. The van der Waals surface area contributed by atoms with Crippen molar-refractivity contribution in [2.45, 2.75) is 39.3 Å². The molecule has 0 bridgehead atoms. The largest absolute Gasteiger partial charge is 0.497 e. The summed E-state index contributed by atoms with van der Waals surface area (Å²) >= 11 is 1.70. The van der Waals surface area contributed by atoms with Crippen molar-refractivity contribution in [2.75, 3.05) is 38.8 Å². The van der Waals surface area contributed by atoms with E-state index in [1.165, 1.54) is 4.88 Å². The summed E-state index contributed by atoms with van der Waals surface area (Å²) in [6.45, 7) is 7.54. The van der Waals surface area contributed by atoms with E-state index in [9.17, 15) is 0 Å². The average Bonchev–Trinajstić information content (AvgIpc) is 3.17. The number of rotatable bonds is 7. The summed E-state index contributed by atoms with van der Waals surface area (Å²) in [6, 6.07) is 6.44. The van der Waals surface area contributed by atoms with Gasteiger partial charge in [0.1, 0.15) is 16.5 Å². The number of hydrogen-bond acceptors (Lipinski definition) is 6. The van der Waals surface area contributed by atoms with Crippen LogP contribution in [0.3, 0.4) is 0 Å². The van der Waals surface area contributed by atoms with Crippen molar-refractivity contribution in [3.63, 3.8) is 0 Å². The number of halogens is 1. The molecule has 0 unspecified atom stereocenters. The summed E-state index contributed by atoms with van der Waals surface area (Å²) in [6.07, 6.45) is 3.99. The number of nitrogens with zero attached hydrogens (tertiary/aromatic N) is 3. The number of aromatic nitrogens is 1. The molecule has 1 aliphatic rings. The summed E-state index contributed by atoms with van der Waals surface area (Å²) in [5.74, 6) is 2.50. The molecular weight excluding hydrogens is 513 g/mol. The lowest BCUT2D eigenvalue weighted by Crippen LogP contribution is -2.48. The van der Waals surface area contributed by atoms with Gasteiger partial charge in [-0.05, 0) is 26.7 Å². The van der Waals surface area contributed by atoms with Crippen molar-refractivity contribution in [2.24, 2.45) is 4.99 Å². The van der Waals surface area contributed by atoms with Gasteiger partial charge in [0.2, 0.25) is 0 Å². The molecule has 1 aliphatic heterocycles. The molecule has 0 aliphatic carbocycles. The van der Waals surface area contributed by atoms with Gasteiger partial charge in [-0.3, -0.25) is 0 Å². The molecule has 30 heavy (non-hydrogen) atoms. The highest BCUT2D eigenvalue weighted by atomic mass is 127. The van der Waals surface area contributed by atoms with Crippen molar-refractivity contribution in [3.05, 3.63) is 34.3 Å². The Balaban J connectivity index is 0.00000320. The molecule has 1 aromatic carbocycles. The summed E-state index contributed by atoms with van der Waals surface area (Å²) < 4.78 is 10.8. The Kier molecular flexibility index (Phi) is 9.96. The fourth-order valence-electron chi connectivity index (χ4n) is 3.39. The molecule has 0 saturated carbocycles. The molecule has 1 saturated heterocycles. The smallest absolute Gasteiger partial charge is 0.191 e. The zero-order valence-electron chi connectivity index (χ0n) is 18.1. The lowest BCUT2D eigenvalue weighted by molar-refractivity contribution is 0.393. The van der Waals surface area contributed by atoms with Crippen LogP contribution in [0.15, 0.2) is 29.4 Å². The SMILES string of the molecule is CCNC(=NCc1ncc(C)s1)NC1CCN(c2cc(OC)cc(OC)c2)CC1.I. The molecule has 0 radical (unpaired) electrons. The molecule has 0 spiro atoms. The van der Waals surface area contributed by atoms with E-state index in [-0.39, 0.29) is 24.0 Å². The molecule has 9 heteroatoms. The van der Waals surface area contributed by atoms with Crippen LogP contribution in [0.4, 0.5) is 5.69 Å². The third-order valence-corrected chi connectivity index (χ3v) is 5.82. The number of ether oxygens (including phenoxy) is 2. The van der Waals surface area contributed by atoms with Crippen LogP contribution in [-0.4, -0.2) is 50.8 Å². The van der Waals surface area contributed by atoms with Crippen molar-refractivity contribution in [3.8, 4) is 11.5 Å². The maximum Gasteiger partial charge on any atom is 0.191 e. The van der Waals surface area contributed by atoms with E-state index in [0.29, 0.717) is 12.6 Å². The third kappa shape index (κ3) is 6.90.